The fraction of sp³-hybridized carbons (Fsp3) is 0.611. The van der Waals surface area contributed by atoms with Gasteiger partial charge in [0.2, 0.25) is 15.9 Å². The number of anilines is 1. The van der Waals surface area contributed by atoms with E-state index in [0.717, 1.165) is 29.9 Å². The van der Waals surface area contributed by atoms with Crippen molar-refractivity contribution in [2.45, 2.75) is 20.3 Å². The Hall–Kier alpha value is -1.48. The molecule has 0 aromatic heterocycles. The molecular formula is C18H29N3O4S. The van der Waals surface area contributed by atoms with E-state index in [1.165, 1.54) is 10.6 Å². The van der Waals surface area contributed by atoms with E-state index in [9.17, 15) is 13.2 Å². The van der Waals surface area contributed by atoms with Gasteiger partial charge in [-0.25, -0.2) is 12.7 Å². The van der Waals surface area contributed by atoms with Crippen molar-refractivity contribution in [3.05, 3.63) is 29.3 Å². The van der Waals surface area contributed by atoms with Gasteiger partial charge in [-0.3, -0.25) is 9.69 Å². The fourth-order valence-electron chi connectivity index (χ4n) is 2.91. The second kappa shape index (κ2) is 9.45. The van der Waals surface area contributed by atoms with Gasteiger partial charge in [0.15, 0.2) is 0 Å². The molecule has 0 saturated carbocycles. The summed E-state index contributed by atoms with van der Waals surface area (Å²) in [5, 5.41) is 2.86. The number of nitrogens with zero attached hydrogens (tertiary/aromatic N) is 2. The normalized spacial score (nSPS) is 16.0. The lowest BCUT2D eigenvalue weighted by atomic mass is 10.1. The number of carbonyl (C=O) groups excluding carboxylic acids is 1. The molecule has 0 atom stereocenters. The Morgan fingerprint density at radius 3 is 2.54 bits per heavy atom. The maximum atomic E-state index is 12.2. The van der Waals surface area contributed by atoms with Crippen molar-refractivity contribution in [1.82, 2.24) is 9.21 Å². The van der Waals surface area contributed by atoms with E-state index in [1.807, 2.05) is 32.0 Å². The second-order valence-corrected chi connectivity index (χ2v) is 8.72. The summed E-state index contributed by atoms with van der Waals surface area (Å²) in [6.45, 7) is 8.12. The van der Waals surface area contributed by atoms with Crippen LogP contribution in [-0.4, -0.2) is 75.7 Å². The van der Waals surface area contributed by atoms with Crippen LogP contribution in [0.25, 0.3) is 0 Å². The molecule has 0 bridgehead atoms. The molecule has 146 valence electrons. The number of benzene rings is 1. The predicted molar refractivity (Wildman–Crippen MR) is 103 cm³/mol. The molecule has 0 unspecified atom stereocenters. The van der Waals surface area contributed by atoms with Crippen LogP contribution in [0.4, 0.5) is 5.69 Å². The molecule has 1 fully saturated rings. The van der Waals surface area contributed by atoms with Gasteiger partial charge in [0.05, 0.1) is 19.5 Å². The van der Waals surface area contributed by atoms with Crippen LogP contribution in [0.3, 0.4) is 0 Å². The molecule has 1 saturated heterocycles. The van der Waals surface area contributed by atoms with Crippen molar-refractivity contribution < 1.29 is 17.9 Å². The number of sulfonamides is 1. The van der Waals surface area contributed by atoms with Gasteiger partial charge in [0, 0.05) is 44.8 Å². The van der Waals surface area contributed by atoms with Gasteiger partial charge < -0.3 is 10.1 Å². The standard InChI is InChI=1S/C18H29N3O4S/c1-15-4-5-17(16(2)14-15)19-18(22)6-7-21(26(3,23)24)9-8-20-10-12-25-13-11-20/h4-5,14H,6-13H2,1-3H3,(H,19,22). The molecule has 1 heterocycles. The lowest BCUT2D eigenvalue weighted by Crippen LogP contribution is -2.43. The van der Waals surface area contributed by atoms with Crippen molar-refractivity contribution in [2.24, 2.45) is 0 Å². The highest BCUT2D eigenvalue weighted by molar-refractivity contribution is 7.88. The van der Waals surface area contributed by atoms with Gasteiger partial charge in [-0.05, 0) is 25.5 Å². The lowest BCUT2D eigenvalue weighted by Gasteiger charge is -2.29. The molecule has 2 rings (SSSR count). The zero-order valence-electron chi connectivity index (χ0n) is 15.8. The number of morpholine rings is 1. The first-order valence-corrected chi connectivity index (χ1v) is 10.7. The highest BCUT2D eigenvalue weighted by Crippen LogP contribution is 2.16. The largest absolute Gasteiger partial charge is 0.379 e. The molecule has 1 amide bonds. The summed E-state index contributed by atoms with van der Waals surface area (Å²) in [6, 6.07) is 5.81. The maximum Gasteiger partial charge on any atom is 0.225 e. The molecule has 26 heavy (non-hydrogen) atoms. The van der Waals surface area contributed by atoms with E-state index in [-0.39, 0.29) is 18.9 Å². The van der Waals surface area contributed by atoms with Gasteiger partial charge in [0.1, 0.15) is 0 Å². The summed E-state index contributed by atoms with van der Waals surface area (Å²) in [5.41, 5.74) is 2.89. The van der Waals surface area contributed by atoms with Crippen LogP contribution in [0, 0.1) is 13.8 Å². The minimum absolute atomic E-state index is 0.128. The first-order valence-electron chi connectivity index (χ1n) is 8.88. The van der Waals surface area contributed by atoms with Crippen molar-refractivity contribution in [3.63, 3.8) is 0 Å². The molecule has 0 radical (unpaired) electrons. The molecule has 1 aliphatic rings. The zero-order chi connectivity index (χ0) is 19.2. The van der Waals surface area contributed by atoms with Crippen molar-refractivity contribution in [3.8, 4) is 0 Å². The number of nitrogens with one attached hydrogen (secondary N) is 1. The summed E-state index contributed by atoms with van der Waals surface area (Å²) in [4.78, 5) is 14.4. The first-order chi connectivity index (χ1) is 12.3. The van der Waals surface area contributed by atoms with Crippen molar-refractivity contribution in [1.29, 1.82) is 0 Å². The van der Waals surface area contributed by atoms with Gasteiger partial charge in [-0.15, -0.1) is 0 Å². The van der Waals surface area contributed by atoms with E-state index in [4.69, 9.17) is 4.74 Å². The van der Waals surface area contributed by atoms with Crippen molar-refractivity contribution in [2.75, 3.05) is 57.5 Å². The minimum Gasteiger partial charge on any atom is -0.379 e. The lowest BCUT2D eigenvalue weighted by molar-refractivity contribution is -0.116. The molecule has 1 aromatic carbocycles. The minimum atomic E-state index is -3.35. The van der Waals surface area contributed by atoms with Gasteiger partial charge >= 0.3 is 0 Å². The van der Waals surface area contributed by atoms with Crippen molar-refractivity contribution >= 4 is 21.6 Å². The monoisotopic (exact) mass is 383 g/mol. The van der Waals surface area contributed by atoms with E-state index >= 15 is 0 Å². The smallest absolute Gasteiger partial charge is 0.225 e. The Labute approximate surface area is 156 Å². The molecule has 7 nitrogen and oxygen atoms in total. The number of aryl methyl sites for hydroxylation is 2. The van der Waals surface area contributed by atoms with Crippen LogP contribution in [0.1, 0.15) is 17.5 Å². The molecule has 1 aliphatic heterocycles. The predicted octanol–water partition coefficient (Wildman–Crippen LogP) is 1.23. The van der Waals surface area contributed by atoms with Crippen LogP contribution >= 0.6 is 0 Å². The Morgan fingerprint density at radius 2 is 1.92 bits per heavy atom. The molecular weight excluding hydrogens is 354 g/mol. The molecule has 8 heteroatoms. The van der Waals surface area contributed by atoms with Gasteiger partial charge in [0.25, 0.3) is 0 Å². The molecule has 1 N–H and O–H groups in total. The summed E-state index contributed by atoms with van der Waals surface area (Å²) in [5.74, 6) is -0.183. The Bertz CT molecular complexity index is 715. The number of carbonyl (C=O) groups is 1. The molecule has 0 spiro atoms. The number of hydrogen-bond acceptors (Lipinski definition) is 5. The van der Waals surface area contributed by atoms with E-state index in [0.29, 0.717) is 26.3 Å². The fourth-order valence-corrected chi connectivity index (χ4v) is 3.75. The topological polar surface area (TPSA) is 79.0 Å². The average molecular weight is 384 g/mol. The third kappa shape index (κ3) is 6.68. The van der Waals surface area contributed by atoms with Gasteiger partial charge in [-0.2, -0.15) is 0 Å². The number of ether oxygens (including phenoxy) is 1. The maximum absolute atomic E-state index is 12.2. The summed E-state index contributed by atoms with van der Waals surface area (Å²) in [6.07, 6.45) is 1.32. The van der Waals surface area contributed by atoms with E-state index in [2.05, 4.69) is 10.2 Å². The van der Waals surface area contributed by atoms with E-state index < -0.39 is 10.0 Å². The Kier molecular flexibility index (Phi) is 7.57. The summed E-state index contributed by atoms with van der Waals surface area (Å²) in [7, 11) is -3.35. The number of rotatable bonds is 8. The van der Waals surface area contributed by atoms with E-state index in [1.54, 1.807) is 0 Å². The summed E-state index contributed by atoms with van der Waals surface area (Å²) >= 11 is 0. The highest BCUT2D eigenvalue weighted by Gasteiger charge is 2.20. The molecule has 1 aromatic rings. The van der Waals surface area contributed by atoms with Crippen LogP contribution in [0.5, 0.6) is 0 Å². The van der Waals surface area contributed by atoms with Crippen LogP contribution in [0.2, 0.25) is 0 Å². The van der Waals surface area contributed by atoms with Crippen LogP contribution in [0.15, 0.2) is 18.2 Å². The van der Waals surface area contributed by atoms with Gasteiger partial charge in [-0.1, -0.05) is 17.7 Å². The Morgan fingerprint density at radius 1 is 1.23 bits per heavy atom. The third-order valence-corrected chi connectivity index (χ3v) is 5.79. The van der Waals surface area contributed by atoms with Crippen LogP contribution < -0.4 is 5.32 Å². The quantitative estimate of drug-likeness (QED) is 0.730. The Balaban J connectivity index is 1.86. The SMILES string of the molecule is Cc1ccc(NC(=O)CCN(CCN2CCOCC2)S(C)(=O)=O)c(C)c1. The van der Waals surface area contributed by atoms with Crippen LogP contribution in [-0.2, 0) is 19.6 Å². The average Bonchev–Trinajstić information content (AvgIpc) is 2.57. The first kappa shape index (κ1) is 20.8. The third-order valence-electron chi connectivity index (χ3n) is 4.48. The number of hydrogen-bond donors (Lipinski definition) is 1. The summed E-state index contributed by atoms with van der Waals surface area (Å²) < 4.78 is 30.7. The second-order valence-electron chi connectivity index (χ2n) is 6.73. The highest BCUT2D eigenvalue weighted by atomic mass is 32.2. The molecule has 0 aliphatic carbocycles. The zero-order valence-corrected chi connectivity index (χ0v) is 16.6. The number of amides is 1.